The molecule has 0 amide bonds. The molecule has 1 heterocycles. The Morgan fingerprint density at radius 1 is 1.78 bits per heavy atom. The summed E-state index contributed by atoms with van der Waals surface area (Å²) in [5.74, 6) is -0.963. The summed E-state index contributed by atoms with van der Waals surface area (Å²) < 4.78 is 12.2. The van der Waals surface area contributed by atoms with E-state index in [1.807, 2.05) is 0 Å². The van der Waals surface area contributed by atoms with E-state index in [9.17, 15) is 9.18 Å². The Bertz CT molecular complexity index is 128. The first kappa shape index (κ1) is 6.48. The van der Waals surface area contributed by atoms with Crippen LogP contribution < -0.4 is 5.32 Å². The molecule has 0 aromatic rings. The highest BCUT2D eigenvalue weighted by molar-refractivity contribution is 5.73. The average molecular weight is 133 g/mol. The highest BCUT2D eigenvalue weighted by atomic mass is 19.1. The average Bonchev–Trinajstić information content (AvgIpc) is 2.14. The SMILES string of the molecule is O=C(O)[C@H]1CC(F)CN1. The Balaban J connectivity index is 2.39. The van der Waals surface area contributed by atoms with E-state index in [-0.39, 0.29) is 13.0 Å². The lowest BCUT2D eigenvalue weighted by atomic mass is 10.2. The maximum Gasteiger partial charge on any atom is 0.320 e. The van der Waals surface area contributed by atoms with Gasteiger partial charge in [-0.3, -0.25) is 4.79 Å². The summed E-state index contributed by atoms with van der Waals surface area (Å²) in [5.41, 5.74) is 0. The fourth-order valence-corrected chi connectivity index (χ4v) is 0.881. The monoisotopic (exact) mass is 133 g/mol. The van der Waals surface area contributed by atoms with Crippen molar-refractivity contribution < 1.29 is 14.3 Å². The van der Waals surface area contributed by atoms with E-state index in [1.54, 1.807) is 0 Å². The first-order chi connectivity index (χ1) is 4.20. The third-order valence-electron chi connectivity index (χ3n) is 1.38. The second-order valence-electron chi connectivity index (χ2n) is 2.13. The molecule has 0 aromatic carbocycles. The van der Waals surface area contributed by atoms with Crippen molar-refractivity contribution in [2.45, 2.75) is 18.6 Å². The van der Waals surface area contributed by atoms with Crippen molar-refractivity contribution in [2.75, 3.05) is 6.54 Å². The molecule has 2 atom stereocenters. The van der Waals surface area contributed by atoms with Gasteiger partial charge in [-0.2, -0.15) is 0 Å². The highest BCUT2D eigenvalue weighted by Crippen LogP contribution is 2.09. The van der Waals surface area contributed by atoms with Crippen LogP contribution in [0.4, 0.5) is 4.39 Å². The molecule has 1 rings (SSSR count). The van der Waals surface area contributed by atoms with Gasteiger partial charge < -0.3 is 10.4 Å². The van der Waals surface area contributed by atoms with Crippen molar-refractivity contribution in [2.24, 2.45) is 0 Å². The molecule has 1 fully saturated rings. The van der Waals surface area contributed by atoms with Gasteiger partial charge in [0.25, 0.3) is 0 Å². The molecule has 1 unspecified atom stereocenters. The van der Waals surface area contributed by atoms with Gasteiger partial charge in [-0.25, -0.2) is 4.39 Å². The molecule has 0 aliphatic carbocycles. The van der Waals surface area contributed by atoms with E-state index in [0.29, 0.717) is 0 Å². The number of nitrogens with one attached hydrogen (secondary N) is 1. The largest absolute Gasteiger partial charge is 0.480 e. The molecule has 0 saturated carbocycles. The third-order valence-corrected chi connectivity index (χ3v) is 1.38. The van der Waals surface area contributed by atoms with E-state index >= 15 is 0 Å². The van der Waals surface area contributed by atoms with Crippen molar-refractivity contribution >= 4 is 5.97 Å². The summed E-state index contributed by atoms with van der Waals surface area (Å²) in [4.78, 5) is 10.1. The van der Waals surface area contributed by atoms with Gasteiger partial charge >= 0.3 is 5.97 Å². The summed E-state index contributed by atoms with van der Waals surface area (Å²) >= 11 is 0. The van der Waals surface area contributed by atoms with Gasteiger partial charge in [0.15, 0.2) is 0 Å². The lowest BCUT2D eigenvalue weighted by Crippen LogP contribution is -2.29. The topological polar surface area (TPSA) is 49.3 Å². The fraction of sp³-hybridized carbons (Fsp3) is 0.800. The lowest BCUT2D eigenvalue weighted by molar-refractivity contribution is -0.139. The number of carbonyl (C=O) groups is 1. The Morgan fingerprint density at radius 2 is 2.44 bits per heavy atom. The smallest absolute Gasteiger partial charge is 0.320 e. The minimum Gasteiger partial charge on any atom is -0.480 e. The van der Waals surface area contributed by atoms with Gasteiger partial charge in [0, 0.05) is 13.0 Å². The minimum atomic E-state index is -0.980. The predicted molar refractivity (Wildman–Crippen MR) is 28.9 cm³/mol. The van der Waals surface area contributed by atoms with Gasteiger partial charge in [-0.15, -0.1) is 0 Å². The summed E-state index contributed by atoms with van der Waals surface area (Å²) in [7, 11) is 0. The molecule has 0 aromatic heterocycles. The van der Waals surface area contributed by atoms with Crippen LogP contribution in [0, 0.1) is 0 Å². The fourth-order valence-electron chi connectivity index (χ4n) is 0.881. The Hall–Kier alpha value is -0.640. The van der Waals surface area contributed by atoms with Crippen LogP contribution in [-0.2, 0) is 4.79 Å². The first-order valence-electron chi connectivity index (χ1n) is 2.80. The number of alkyl halides is 1. The molecular weight excluding hydrogens is 125 g/mol. The molecule has 4 heteroatoms. The Kier molecular flexibility index (Phi) is 1.66. The van der Waals surface area contributed by atoms with E-state index in [0.717, 1.165) is 0 Å². The third kappa shape index (κ3) is 1.38. The molecule has 2 N–H and O–H groups in total. The summed E-state index contributed by atoms with van der Waals surface area (Å²) in [6.07, 6.45) is -0.874. The van der Waals surface area contributed by atoms with Crippen molar-refractivity contribution in [3.8, 4) is 0 Å². The molecule has 9 heavy (non-hydrogen) atoms. The van der Waals surface area contributed by atoms with Crippen LogP contribution in [-0.4, -0.2) is 29.8 Å². The normalized spacial score (nSPS) is 34.8. The van der Waals surface area contributed by atoms with E-state index in [4.69, 9.17) is 5.11 Å². The quantitative estimate of drug-likeness (QED) is 0.519. The number of rotatable bonds is 1. The van der Waals surface area contributed by atoms with Gasteiger partial charge in [0.05, 0.1) is 0 Å². The predicted octanol–water partition coefficient (Wildman–Crippen LogP) is -0.229. The maximum absolute atomic E-state index is 12.2. The van der Waals surface area contributed by atoms with Crippen molar-refractivity contribution in [3.05, 3.63) is 0 Å². The van der Waals surface area contributed by atoms with Crippen LogP contribution in [0.1, 0.15) is 6.42 Å². The number of hydrogen-bond acceptors (Lipinski definition) is 2. The number of carboxylic acid groups (broad SMARTS) is 1. The zero-order chi connectivity index (χ0) is 6.85. The molecule has 0 bridgehead atoms. The minimum absolute atomic E-state index is 0.106. The van der Waals surface area contributed by atoms with E-state index in [2.05, 4.69) is 5.32 Å². The number of hydrogen-bond donors (Lipinski definition) is 2. The molecule has 1 saturated heterocycles. The van der Waals surface area contributed by atoms with E-state index < -0.39 is 18.2 Å². The standard InChI is InChI=1S/C5H8FNO2/c6-3-1-4(5(8)9)7-2-3/h3-4,7H,1-2H2,(H,8,9)/t3?,4-/m1/s1. The van der Waals surface area contributed by atoms with E-state index in [1.165, 1.54) is 0 Å². The molecule has 1 aliphatic heterocycles. The number of aliphatic carboxylic acids is 1. The highest BCUT2D eigenvalue weighted by Gasteiger charge is 2.28. The summed E-state index contributed by atoms with van der Waals surface area (Å²) in [6, 6.07) is -0.667. The molecule has 52 valence electrons. The Labute approximate surface area is 51.9 Å². The zero-order valence-corrected chi connectivity index (χ0v) is 4.80. The molecular formula is C5H8FNO2. The summed E-state index contributed by atoms with van der Waals surface area (Å²) in [5, 5.41) is 10.8. The number of halogens is 1. The van der Waals surface area contributed by atoms with Crippen LogP contribution in [0.25, 0.3) is 0 Å². The van der Waals surface area contributed by atoms with Crippen LogP contribution in [0.3, 0.4) is 0 Å². The van der Waals surface area contributed by atoms with Crippen LogP contribution in [0.2, 0.25) is 0 Å². The van der Waals surface area contributed by atoms with Gasteiger partial charge in [0.1, 0.15) is 12.2 Å². The Morgan fingerprint density at radius 3 is 2.67 bits per heavy atom. The van der Waals surface area contributed by atoms with Crippen LogP contribution in [0.5, 0.6) is 0 Å². The van der Waals surface area contributed by atoms with Crippen molar-refractivity contribution in [3.63, 3.8) is 0 Å². The van der Waals surface area contributed by atoms with Gasteiger partial charge in [0.2, 0.25) is 0 Å². The van der Waals surface area contributed by atoms with Crippen LogP contribution >= 0.6 is 0 Å². The maximum atomic E-state index is 12.2. The molecule has 0 radical (unpaired) electrons. The van der Waals surface area contributed by atoms with Crippen molar-refractivity contribution in [1.29, 1.82) is 0 Å². The molecule has 0 spiro atoms. The number of carboxylic acids is 1. The van der Waals surface area contributed by atoms with Gasteiger partial charge in [-0.05, 0) is 0 Å². The first-order valence-corrected chi connectivity index (χ1v) is 2.80. The second kappa shape index (κ2) is 2.31. The second-order valence-corrected chi connectivity index (χ2v) is 2.13. The van der Waals surface area contributed by atoms with Crippen molar-refractivity contribution in [1.82, 2.24) is 5.32 Å². The van der Waals surface area contributed by atoms with Crippen LogP contribution in [0.15, 0.2) is 0 Å². The molecule has 1 aliphatic rings. The zero-order valence-electron chi connectivity index (χ0n) is 4.80. The van der Waals surface area contributed by atoms with Gasteiger partial charge in [-0.1, -0.05) is 0 Å². The summed E-state index contributed by atoms with van der Waals surface area (Å²) in [6.45, 7) is 0.178. The molecule has 3 nitrogen and oxygen atoms in total. The lowest BCUT2D eigenvalue weighted by Gasteiger charge is -1.99.